The van der Waals surface area contributed by atoms with Crippen molar-refractivity contribution in [2.24, 2.45) is 0 Å². The molecule has 9 aromatic carbocycles. The first-order valence-corrected chi connectivity index (χ1v) is 16.8. The molecule has 0 saturated carbocycles. The van der Waals surface area contributed by atoms with Crippen LogP contribution in [-0.4, -0.2) is 0 Å². The fraction of sp³-hybridized carbons (Fsp3) is 0. The lowest BCUT2D eigenvalue weighted by Gasteiger charge is -2.27. The van der Waals surface area contributed by atoms with E-state index in [9.17, 15) is 0 Å². The minimum absolute atomic E-state index is 1.11. The predicted molar refractivity (Wildman–Crippen MR) is 210 cm³/mol. The smallest absolute Gasteiger partial charge is 0.0468 e. The van der Waals surface area contributed by atoms with Crippen LogP contribution in [0, 0.1) is 0 Å². The predicted octanol–water partition coefficient (Wildman–Crippen LogP) is 13.6. The van der Waals surface area contributed by atoms with Gasteiger partial charge in [0.2, 0.25) is 0 Å². The molecule has 9 rings (SSSR count). The second kappa shape index (κ2) is 12.3. The van der Waals surface area contributed by atoms with Crippen molar-refractivity contribution in [3.63, 3.8) is 0 Å². The van der Waals surface area contributed by atoms with Gasteiger partial charge in [0, 0.05) is 17.1 Å². The lowest BCUT2D eigenvalue weighted by atomic mass is 9.94. The molecule has 0 fully saturated rings. The van der Waals surface area contributed by atoms with E-state index in [0.29, 0.717) is 0 Å². The van der Waals surface area contributed by atoms with Crippen LogP contribution in [0.4, 0.5) is 17.1 Å². The van der Waals surface area contributed by atoms with Crippen LogP contribution in [0.5, 0.6) is 0 Å². The van der Waals surface area contributed by atoms with E-state index in [1.54, 1.807) is 0 Å². The van der Waals surface area contributed by atoms with Gasteiger partial charge in [-0.25, -0.2) is 0 Å². The summed E-state index contributed by atoms with van der Waals surface area (Å²) >= 11 is 0. The molecule has 0 heterocycles. The van der Waals surface area contributed by atoms with Gasteiger partial charge in [-0.2, -0.15) is 0 Å². The van der Waals surface area contributed by atoms with Crippen molar-refractivity contribution in [3.05, 3.63) is 200 Å². The lowest BCUT2D eigenvalue weighted by molar-refractivity contribution is 1.29. The summed E-state index contributed by atoms with van der Waals surface area (Å²) in [4.78, 5) is 2.39. The molecule has 1 nitrogen and oxygen atoms in total. The van der Waals surface area contributed by atoms with Crippen LogP contribution in [0.3, 0.4) is 0 Å². The Balaban J connectivity index is 1.18. The van der Waals surface area contributed by atoms with Crippen LogP contribution in [0.25, 0.3) is 65.7 Å². The van der Waals surface area contributed by atoms with E-state index < -0.39 is 0 Å². The normalized spacial score (nSPS) is 11.3. The Kier molecular flexibility index (Phi) is 7.22. The molecular weight excluding hydrogens is 591 g/mol. The van der Waals surface area contributed by atoms with Crippen molar-refractivity contribution in [3.8, 4) is 33.4 Å². The minimum Gasteiger partial charge on any atom is -0.310 e. The number of fused-ring (bicyclic) bond motifs is 6. The molecule has 0 unspecified atom stereocenters. The summed E-state index contributed by atoms with van der Waals surface area (Å²) in [6.45, 7) is 0. The van der Waals surface area contributed by atoms with E-state index in [-0.39, 0.29) is 0 Å². The maximum Gasteiger partial charge on any atom is 0.0468 e. The average molecular weight is 624 g/mol. The molecule has 0 aliphatic rings. The number of rotatable bonds is 6. The van der Waals surface area contributed by atoms with Crippen molar-refractivity contribution in [2.75, 3.05) is 4.90 Å². The Bertz CT molecular complexity index is 2530. The molecule has 9 aromatic rings. The molecule has 0 spiro atoms. The molecule has 0 aliphatic heterocycles. The first-order valence-electron chi connectivity index (χ1n) is 16.8. The SMILES string of the molecule is c1ccc(-c2ccc(-c3ccc(N(c4cccc(-c5ccccc5)c4)c4ccc5c6ccccc6c6ccccc6c5c4)cc3)cc2)cc1. The molecule has 1 heteroatoms. The van der Waals surface area contributed by atoms with Crippen molar-refractivity contribution in [1.82, 2.24) is 0 Å². The molecule has 230 valence electrons. The average Bonchev–Trinajstić information content (AvgIpc) is 3.19. The summed E-state index contributed by atoms with van der Waals surface area (Å²) in [5, 5.41) is 7.64. The molecule has 0 atom stereocenters. The summed E-state index contributed by atoms with van der Waals surface area (Å²) in [5.74, 6) is 0. The highest BCUT2D eigenvalue weighted by atomic mass is 15.1. The van der Waals surface area contributed by atoms with E-state index >= 15 is 0 Å². The third kappa shape index (κ3) is 5.32. The first-order chi connectivity index (χ1) is 24.3. The van der Waals surface area contributed by atoms with Crippen LogP contribution in [0.2, 0.25) is 0 Å². The summed E-state index contributed by atoms with van der Waals surface area (Å²) < 4.78 is 0. The Morgan fingerprint density at radius 3 is 1.12 bits per heavy atom. The Morgan fingerprint density at radius 1 is 0.204 bits per heavy atom. The molecule has 0 saturated heterocycles. The minimum atomic E-state index is 1.11. The highest BCUT2D eigenvalue weighted by molar-refractivity contribution is 6.25. The molecule has 0 radical (unpaired) electrons. The zero-order valence-corrected chi connectivity index (χ0v) is 27.0. The largest absolute Gasteiger partial charge is 0.310 e. The molecule has 0 bridgehead atoms. The molecule has 0 N–H and O–H groups in total. The zero-order valence-electron chi connectivity index (χ0n) is 27.0. The van der Waals surface area contributed by atoms with Crippen molar-refractivity contribution in [1.29, 1.82) is 0 Å². The number of anilines is 3. The van der Waals surface area contributed by atoms with Crippen LogP contribution in [0.15, 0.2) is 200 Å². The zero-order chi connectivity index (χ0) is 32.6. The van der Waals surface area contributed by atoms with Crippen molar-refractivity contribution in [2.45, 2.75) is 0 Å². The number of hydrogen-bond acceptors (Lipinski definition) is 1. The second-order valence-corrected chi connectivity index (χ2v) is 12.6. The maximum absolute atomic E-state index is 2.39. The Labute approximate surface area is 287 Å². The molecule has 49 heavy (non-hydrogen) atoms. The van der Waals surface area contributed by atoms with Crippen LogP contribution in [-0.2, 0) is 0 Å². The third-order valence-corrected chi connectivity index (χ3v) is 9.65. The van der Waals surface area contributed by atoms with E-state index in [1.165, 1.54) is 65.7 Å². The van der Waals surface area contributed by atoms with E-state index in [0.717, 1.165) is 17.1 Å². The van der Waals surface area contributed by atoms with Gasteiger partial charge in [0.15, 0.2) is 0 Å². The molecule has 0 aromatic heterocycles. The number of benzene rings is 9. The van der Waals surface area contributed by atoms with Crippen LogP contribution >= 0.6 is 0 Å². The summed E-state index contributed by atoms with van der Waals surface area (Å²) in [7, 11) is 0. The van der Waals surface area contributed by atoms with E-state index in [1.807, 2.05) is 0 Å². The van der Waals surface area contributed by atoms with Crippen LogP contribution in [0.1, 0.15) is 0 Å². The van der Waals surface area contributed by atoms with Gasteiger partial charge in [-0.05, 0) is 102 Å². The van der Waals surface area contributed by atoms with Crippen molar-refractivity contribution < 1.29 is 0 Å². The highest BCUT2D eigenvalue weighted by Gasteiger charge is 2.16. The van der Waals surface area contributed by atoms with Gasteiger partial charge in [0.05, 0.1) is 0 Å². The maximum atomic E-state index is 2.39. The monoisotopic (exact) mass is 623 g/mol. The van der Waals surface area contributed by atoms with E-state index in [2.05, 4.69) is 205 Å². The Hall–Kier alpha value is -6.44. The topological polar surface area (TPSA) is 3.24 Å². The third-order valence-electron chi connectivity index (χ3n) is 9.65. The van der Waals surface area contributed by atoms with Crippen molar-refractivity contribution >= 4 is 49.4 Å². The second-order valence-electron chi connectivity index (χ2n) is 12.6. The quantitative estimate of drug-likeness (QED) is 0.167. The lowest BCUT2D eigenvalue weighted by Crippen LogP contribution is -2.10. The van der Waals surface area contributed by atoms with E-state index in [4.69, 9.17) is 0 Å². The number of hydrogen-bond donors (Lipinski definition) is 0. The standard InChI is InChI=1S/C48H33N/c1-3-12-34(13-4-1)36-22-24-37(25-23-36)38-26-28-40(29-27-38)49(41-17-11-16-39(32-41)35-14-5-2-6-15-35)42-30-31-47-45-20-8-7-18-43(45)44-19-9-10-21-46(44)48(47)33-42/h1-33H. The highest BCUT2D eigenvalue weighted by Crippen LogP contribution is 2.42. The number of nitrogens with zero attached hydrogens (tertiary/aromatic N) is 1. The van der Waals surface area contributed by atoms with Gasteiger partial charge in [0.1, 0.15) is 0 Å². The summed E-state index contributed by atoms with van der Waals surface area (Å²) in [6, 6.07) is 72.4. The van der Waals surface area contributed by atoms with Gasteiger partial charge in [0.25, 0.3) is 0 Å². The van der Waals surface area contributed by atoms with Gasteiger partial charge in [-0.15, -0.1) is 0 Å². The summed E-state index contributed by atoms with van der Waals surface area (Å²) in [6.07, 6.45) is 0. The summed E-state index contributed by atoms with van der Waals surface area (Å²) in [5.41, 5.74) is 10.6. The van der Waals surface area contributed by atoms with Gasteiger partial charge in [-0.1, -0.05) is 164 Å². The fourth-order valence-corrected chi connectivity index (χ4v) is 7.23. The van der Waals surface area contributed by atoms with Crippen LogP contribution < -0.4 is 4.90 Å². The molecule has 0 amide bonds. The molecular formula is C48H33N. The van der Waals surface area contributed by atoms with Gasteiger partial charge < -0.3 is 4.90 Å². The van der Waals surface area contributed by atoms with Gasteiger partial charge >= 0.3 is 0 Å². The molecule has 0 aliphatic carbocycles. The Morgan fingerprint density at radius 2 is 0.571 bits per heavy atom. The van der Waals surface area contributed by atoms with Gasteiger partial charge in [-0.3, -0.25) is 0 Å². The fourth-order valence-electron chi connectivity index (χ4n) is 7.23. The first kappa shape index (κ1) is 28.8.